The summed E-state index contributed by atoms with van der Waals surface area (Å²) in [7, 11) is 0. The Hall–Kier alpha value is -1.16. The first-order valence-corrected chi connectivity index (χ1v) is 7.64. The molecular weight excluding hydrogens is 359 g/mol. The number of anilines is 1. The lowest BCUT2D eigenvalue weighted by atomic mass is 10.2. The van der Waals surface area contributed by atoms with Crippen LogP contribution in [0.15, 0.2) is 46.9 Å². The van der Waals surface area contributed by atoms with Gasteiger partial charge in [-0.2, -0.15) is 0 Å². The summed E-state index contributed by atoms with van der Waals surface area (Å²) < 4.78 is 0.868. The zero-order chi connectivity index (χ0) is 14.1. The number of benzene rings is 2. The highest BCUT2D eigenvalue weighted by atomic mass is 79.9. The maximum atomic E-state index is 6.38. The molecule has 2 N–H and O–H groups in total. The molecule has 2 aromatic carbocycles. The number of H-pyrrole nitrogens is 1. The first-order valence-electron chi connectivity index (χ1n) is 6.09. The normalized spacial score (nSPS) is 10.9. The highest BCUT2D eigenvalue weighted by Crippen LogP contribution is 2.29. The summed E-state index contributed by atoms with van der Waals surface area (Å²) in [4.78, 5) is 3.33. The van der Waals surface area contributed by atoms with E-state index in [-0.39, 0.29) is 0 Å². The lowest BCUT2D eigenvalue weighted by molar-refractivity contribution is 1.08. The van der Waals surface area contributed by atoms with Crippen LogP contribution in [0.1, 0.15) is 5.69 Å². The summed E-state index contributed by atoms with van der Waals surface area (Å²) in [5, 5.41) is 5.83. The Morgan fingerprint density at radius 2 is 1.90 bits per heavy atom. The number of rotatable bonds is 3. The fraction of sp³-hybridized carbons (Fsp3) is 0.0667. The molecule has 0 spiro atoms. The summed E-state index contributed by atoms with van der Waals surface area (Å²) in [5.74, 6) is 0. The van der Waals surface area contributed by atoms with Crippen LogP contribution in [0.2, 0.25) is 10.0 Å². The summed E-state index contributed by atoms with van der Waals surface area (Å²) in [6, 6.07) is 13.7. The second kappa shape index (κ2) is 5.68. The monoisotopic (exact) mass is 368 g/mol. The van der Waals surface area contributed by atoms with Crippen LogP contribution in [-0.4, -0.2) is 4.98 Å². The minimum atomic E-state index is 0.627. The number of aromatic amines is 1. The molecule has 2 nitrogen and oxygen atoms in total. The fourth-order valence-electron chi connectivity index (χ4n) is 2.08. The molecule has 3 aromatic rings. The molecular formula is C15H11BrCl2N2. The maximum absolute atomic E-state index is 6.38. The van der Waals surface area contributed by atoms with E-state index in [4.69, 9.17) is 23.2 Å². The quantitative estimate of drug-likeness (QED) is 0.595. The van der Waals surface area contributed by atoms with Crippen LogP contribution in [0.5, 0.6) is 0 Å². The van der Waals surface area contributed by atoms with E-state index < -0.39 is 0 Å². The summed E-state index contributed by atoms with van der Waals surface area (Å²) >= 11 is 15.8. The molecule has 102 valence electrons. The number of halogens is 3. The van der Waals surface area contributed by atoms with Gasteiger partial charge in [0.05, 0.1) is 22.3 Å². The lowest BCUT2D eigenvalue weighted by Crippen LogP contribution is -2.00. The van der Waals surface area contributed by atoms with E-state index >= 15 is 0 Å². The van der Waals surface area contributed by atoms with Gasteiger partial charge < -0.3 is 10.3 Å². The van der Waals surface area contributed by atoms with Crippen LogP contribution in [0.3, 0.4) is 0 Å². The minimum absolute atomic E-state index is 0.627. The van der Waals surface area contributed by atoms with Gasteiger partial charge in [0.2, 0.25) is 0 Å². The van der Waals surface area contributed by atoms with E-state index in [1.54, 1.807) is 0 Å². The highest BCUT2D eigenvalue weighted by Gasteiger charge is 2.08. The van der Waals surface area contributed by atoms with Crippen molar-refractivity contribution in [3.8, 4) is 0 Å². The number of para-hydroxylation sites is 1. The van der Waals surface area contributed by atoms with Crippen molar-refractivity contribution in [1.29, 1.82) is 0 Å². The molecule has 0 radical (unpaired) electrons. The van der Waals surface area contributed by atoms with Crippen LogP contribution in [0, 0.1) is 0 Å². The fourth-order valence-corrected chi connectivity index (χ4v) is 2.86. The number of nitrogens with one attached hydrogen (secondary N) is 2. The smallest absolute Gasteiger partial charge is 0.0710 e. The number of aromatic nitrogens is 1. The van der Waals surface area contributed by atoms with Gasteiger partial charge >= 0.3 is 0 Å². The van der Waals surface area contributed by atoms with Gasteiger partial charge in [-0.05, 0) is 40.2 Å². The van der Waals surface area contributed by atoms with E-state index in [1.165, 1.54) is 0 Å². The molecule has 0 saturated carbocycles. The molecule has 5 heteroatoms. The summed E-state index contributed by atoms with van der Waals surface area (Å²) in [6.45, 7) is 0.627. The van der Waals surface area contributed by atoms with Crippen molar-refractivity contribution in [2.45, 2.75) is 6.54 Å². The van der Waals surface area contributed by atoms with Crippen LogP contribution in [0.4, 0.5) is 5.69 Å². The maximum Gasteiger partial charge on any atom is 0.0710 e. The second-order valence-electron chi connectivity index (χ2n) is 4.45. The van der Waals surface area contributed by atoms with Gasteiger partial charge in [-0.25, -0.2) is 0 Å². The van der Waals surface area contributed by atoms with E-state index in [2.05, 4.69) is 26.2 Å². The Kier molecular flexibility index (Phi) is 3.92. The first kappa shape index (κ1) is 13.8. The number of hydrogen-bond acceptors (Lipinski definition) is 1. The molecule has 1 heterocycles. The van der Waals surface area contributed by atoms with Crippen LogP contribution < -0.4 is 5.32 Å². The molecule has 3 rings (SSSR count). The van der Waals surface area contributed by atoms with Crippen LogP contribution in [0.25, 0.3) is 10.9 Å². The van der Waals surface area contributed by atoms with Gasteiger partial charge in [-0.1, -0.05) is 41.4 Å². The van der Waals surface area contributed by atoms with Crippen molar-refractivity contribution in [2.24, 2.45) is 0 Å². The predicted octanol–water partition coefficient (Wildman–Crippen LogP) is 5.85. The Bertz CT molecular complexity index is 768. The molecule has 1 aromatic heterocycles. The molecule has 0 aliphatic carbocycles. The Balaban J connectivity index is 1.83. The standard InChI is InChI=1S/C15H11BrCl2N2/c16-11-7-9(5-6-12(11)17)19-8-14-15(18)10-3-1-2-4-13(10)20-14/h1-7,19-20H,8H2. The third-order valence-corrected chi connectivity index (χ3v) is 4.75. The Morgan fingerprint density at radius 1 is 1.10 bits per heavy atom. The summed E-state index contributed by atoms with van der Waals surface area (Å²) in [5.41, 5.74) is 3.00. The van der Waals surface area contributed by atoms with Gasteiger partial charge in [-0.15, -0.1) is 0 Å². The van der Waals surface area contributed by atoms with Crippen molar-refractivity contribution < 1.29 is 0 Å². The average Bonchev–Trinajstić information content (AvgIpc) is 2.77. The average molecular weight is 370 g/mol. The SMILES string of the molecule is Clc1ccc(NCc2[nH]c3ccccc3c2Cl)cc1Br. The molecule has 0 aliphatic heterocycles. The molecule has 0 bridgehead atoms. The zero-order valence-electron chi connectivity index (χ0n) is 10.4. The van der Waals surface area contributed by atoms with E-state index in [1.807, 2.05) is 42.5 Å². The largest absolute Gasteiger partial charge is 0.379 e. The van der Waals surface area contributed by atoms with Crippen molar-refractivity contribution in [2.75, 3.05) is 5.32 Å². The third kappa shape index (κ3) is 2.66. The minimum Gasteiger partial charge on any atom is -0.379 e. The van der Waals surface area contributed by atoms with E-state index in [0.29, 0.717) is 11.6 Å². The van der Waals surface area contributed by atoms with Gasteiger partial charge in [0.15, 0.2) is 0 Å². The lowest BCUT2D eigenvalue weighted by Gasteiger charge is -2.07. The molecule has 0 atom stereocenters. The van der Waals surface area contributed by atoms with Crippen molar-refractivity contribution in [3.63, 3.8) is 0 Å². The number of fused-ring (bicyclic) bond motifs is 1. The highest BCUT2D eigenvalue weighted by molar-refractivity contribution is 9.10. The molecule has 0 aliphatic rings. The first-order chi connectivity index (χ1) is 9.65. The van der Waals surface area contributed by atoms with Crippen LogP contribution in [-0.2, 0) is 6.54 Å². The van der Waals surface area contributed by atoms with Crippen molar-refractivity contribution in [1.82, 2.24) is 4.98 Å². The van der Waals surface area contributed by atoms with Crippen molar-refractivity contribution in [3.05, 3.63) is 62.7 Å². The molecule has 0 unspecified atom stereocenters. The topological polar surface area (TPSA) is 27.8 Å². The van der Waals surface area contributed by atoms with Crippen molar-refractivity contribution >= 4 is 55.7 Å². The summed E-state index contributed by atoms with van der Waals surface area (Å²) in [6.07, 6.45) is 0. The third-order valence-electron chi connectivity index (χ3n) is 3.10. The van der Waals surface area contributed by atoms with Gasteiger partial charge in [0.1, 0.15) is 0 Å². The molecule has 0 amide bonds. The molecule has 20 heavy (non-hydrogen) atoms. The number of hydrogen-bond donors (Lipinski definition) is 2. The predicted molar refractivity (Wildman–Crippen MR) is 89.8 cm³/mol. The van der Waals surface area contributed by atoms with Crippen LogP contribution >= 0.6 is 39.1 Å². The Morgan fingerprint density at radius 3 is 2.65 bits per heavy atom. The second-order valence-corrected chi connectivity index (χ2v) is 6.09. The zero-order valence-corrected chi connectivity index (χ0v) is 13.5. The molecule has 0 saturated heterocycles. The van der Waals surface area contributed by atoms with E-state index in [9.17, 15) is 0 Å². The van der Waals surface area contributed by atoms with Gasteiger partial charge in [-0.3, -0.25) is 0 Å². The molecule has 0 fully saturated rings. The van der Waals surface area contributed by atoms with Gasteiger partial charge in [0, 0.05) is 21.1 Å². The van der Waals surface area contributed by atoms with Gasteiger partial charge in [0.25, 0.3) is 0 Å². The van der Waals surface area contributed by atoms with E-state index in [0.717, 1.165) is 31.8 Å². The Labute approximate surface area is 135 Å².